The van der Waals surface area contributed by atoms with Crippen LogP contribution in [0.5, 0.6) is 5.75 Å². The third-order valence-electron chi connectivity index (χ3n) is 5.10. The molecule has 0 bridgehead atoms. The average Bonchev–Trinajstić information content (AvgIpc) is 3.24. The maximum absolute atomic E-state index is 8.70. The first kappa shape index (κ1) is 22.2. The molecule has 32 heavy (non-hydrogen) atoms. The first-order valence-corrected chi connectivity index (χ1v) is 11.1. The quantitative estimate of drug-likeness (QED) is 0.279. The van der Waals surface area contributed by atoms with E-state index in [0.717, 1.165) is 33.4 Å². The van der Waals surface area contributed by atoms with E-state index in [2.05, 4.69) is 19.9 Å². The standard InChI is InChI=1S/C27H23Cl2NO2/c1-17(2)14-21(27(30)26-23(28)4-3-5-24(26)29)16-32-22-9-6-18(7-10-22)19-8-11-25-20(15-19)12-13-31-25/h3-15,17,30H,16H2,1-2H3/b21-14+,30-27?. The van der Waals surface area contributed by atoms with Gasteiger partial charge in [-0.25, -0.2) is 0 Å². The van der Waals surface area contributed by atoms with Gasteiger partial charge in [0.1, 0.15) is 17.9 Å². The van der Waals surface area contributed by atoms with Crippen LogP contribution in [0.3, 0.4) is 0 Å². The van der Waals surface area contributed by atoms with E-state index in [4.69, 9.17) is 37.8 Å². The van der Waals surface area contributed by atoms with E-state index in [0.29, 0.717) is 15.6 Å². The monoisotopic (exact) mass is 463 g/mol. The molecule has 1 N–H and O–H groups in total. The van der Waals surface area contributed by atoms with Crippen molar-refractivity contribution in [2.75, 3.05) is 6.61 Å². The molecular weight excluding hydrogens is 441 g/mol. The van der Waals surface area contributed by atoms with E-state index < -0.39 is 0 Å². The van der Waals surface area contributed by atoms with Gasteiger partial charge in [-0.15, -0.1) is 0 Å². The molecule has 1 aromatic heterocycles. The Morgan fingerprint density at radius 1 is 0.969 bits per heavy atom. The smallest absolute Gasteiger partial charge is 0.133 e. The molecule has 3 nitrogen and oxygen atoms in total. The molecule has 4 rings (SSSR count). The van der Waals surface area contributed by atoms with Crippen molar-refractivity contribution in [2.24, 2.45) is 5.92 Å². The molecule has 0 radical (unpaired) electrons. The predicted molar refractivity (Wildman–Crippen MR) is 133 cm³/mol. The van der Waals surface area contributed by atoms with Crippen molar-refractivity contribution < 1.29 is 9.15 Å². The van der Waals surface area contributed by atoms with Crippen molar-refractivity contribution in [1.82, 2.24) is 0 Å². The number of ether oxygens (including phenoxy) is 1. The van der Waals surface area contributed by atoms with Gasteiger partial charge in [0.2, 0.25) is 0 Å². The summed E-state index contributed by atoms with van der Waals surface area (Å²) >= 11 is 12.7. The van der Waals surface area contributed by atoms with E-state index in [-0.39, 0.29) is 18.2 Å². The van der Waals surface area contributed by atoms with Crippen LogP contribution in [0.2, 0.25) is 10.0 Å². The Morgan fingerprint density at radius 2 is 1.66 bits per heavy atom. The van der Waals surface area contributed by atoms with Crippen LogP contribution < -0.4 is 4.74 Å². The van der Waals surface area contributed by atoms with Gasteiger partial charge in [-0.05, 0) is 59.5 Å². The lowest BCUT2D eigenvalue weighted by atomic mass is 9.99. The Kier molecular flexibility index (Phi) is 6.69. The van der Waals surface area contributed by atoms with Crippen molar-refractivity contribution in [3.63, 3.8) is 0 Å². The molecule has 0 fully saturated rings. The summed E-state index contributed by atoms with van der Waals surface area (Å²) in [4.78, 5) is 0. The van der Waals surface area contributed by atoms with Crippen molar-refractivity contribution >= 4 is 39.9 Å². The highest BCUT2D eigenvalue weighted by atomic mass is 35.5. The van der Waals surface area contributed by atoms with Gasteiger partial charge in [0, 0.05) is 16.5 Å². The predicted octanol–water partition coefficient (Wildman–Crippen LogP) is 8.44. The highest BCUT2D eigenvalue weighted by Crippen LogP contribution is 2.29. The average molecular weight is 464 g/mol. The molecule has 0 aliphatic carbocycles. The number of furan rings is 1. The number of hydrogen-bond donors (Lipinski definition) is 1. The van der Waals surface area contributed by atoms with Crippen molar-refractivity contribution in [3.05, 3.63) is 100 Å². The minimum absolute atomic E-state index is 0.246. The number of halogens is 2. The summed E-state index contributed by atoms with van der Waals surface area (Å²) in [6.45, 7) is 4.37. The number of benzene rings is 3. The number of hydrogen-bond acceptors (Lipinski definition) is 3. The zero-order chi connectivity index (χ0) is 22.7. The van der Waals surface area contributed by atoms with Gasteiger partial charge in [0.15, 0.2) is 0 Å². The maximum Gasteiger partial charge on any atom is 0.133 e. The lowest BCUT2D eigenvalue weighted by molar-refractivity contribution is 0.356. The summed E-state index contributed by atoms with van der Waals surface area (Å²) in [6.07, 6.45) is 3.71. The Morgan fingerprint density at radius 3 is 2.34 bits per heavy atom. The molecule has 3 aromatic carbocycles. The van der Waals surface area contributed by atoms with Crippen LogP contribution in [0.4, 0.5) is 0 Å². The topological polar surface area (TPSA) is 46.2 Å². The molecular formula is C27H23Cl2NO2. The SMILES string of the molecule is CC(C)/C=C(\COc1ccc(-c2ccc3occc3c2)cc1)C(=N)c1c(Cl)cccc1Cl. The summed E-state index contributed by atoms with van der Waals surface area (Å²) in [5.41, 5.74) is 4.62. The minimum Gasteiger partial charge on any atom is -0.489 e. The van der Waals surface area contributed by atoms with Crippen LogP contribution in [0.1, 0.15) is 19.4 Å². The summed E-state index contributed by atoms with van der Waals surface area (Å²) in [6, 6.07) is 21.3. The fraction of sp³-hybridized carbons (Fsp3) is 0.148. The second kappa shape index (κ2) is 9.64. The van der Waals surface area contributed by atoms with Crippen molar-refractivity contribution in [3.8, 4) is 16.9 Å². The molecule has 4 aromatic rings. The second-order valence-corrected chi connectivity index (χ2v) is 8.71. The Bertz CT molecular complexity index is 1270. The molecule has 1 heterocycles. The zero-order valence-corrected chi connectivity index (χ0v) is 19.4. The number of rotatable bonds is 7. The van der Waals surface area contributed by atoms with Crippen molar-refractivity contribution in [2.45, 2.75) is 13.8 Å². The lowest BCUT2D eigenvalue weighted by Gasteiger charge is -2.15. The van der Waals surface area contributed by atoms with E-state index >= 15 is 0 Å². The van der Waals surface area contributed by atoms with Crippen LogP contribution in [0, 0.1) is 11.3 Å². The molecule has 0 saturated heterocycles. The fourth-order valence-corrected chi connectivity index (χ4v) is 4.14. The fourth-order valence-electron chi connectivity index (χ4n) is 3.55. The van der Waals surface area contributed by atoms with Gasteiger partial charge in [-0.1, -0.05) is 67.4 Å². The van der Waals surface area contributed by atoms with E-state index in [1.54, 1.807) is 24.5 Å². The van der Waals surface area contributed by atoms with E-state index in [1.807, 2.05) is 48.5 Å². The van der Waals surface area contributed by atoms with Crippen LogP contribution in [-0.4, -0.2) is 12.3 Å². The number of nitrogens with one attached hydrogen (secondary N) is 1. The molecule has 162 valence electrons. The summed E-state index contributed by atoms with van der Waals surface area (Å²) < 4.78 is 11.4. The first-order chi connectivity index (χ1) is 15.4. The summed E-state index contributed by atoms with van der Waals surface area (Å²) in [5.74, 6) is 0.973. The zero-order valence-electron chi connectivity index (χ0n) is 17.9. The van der Waals surface area contributed by atoms with Crippen molar-refractivity contribution in [1.29, 1.82) is 5.41 Å². The van der Waals surface area contributed by atoms with Gasteiger partial charge in [-0.3, -0.25) is 5.41 Å². The Hall–Kier alpha value is -3.01. The van der Waals surface area contributed by atoms with Crippen LogP contribution in [-0.2, 0) is 0 Å². The molecule has 5 heteroatoms. The molecule has 0 unspecified atom stereocenters. The largest absolute Gasteiger partial charge is 0.489 e. The second-order valence-electron chi connectivity index (χ2n) is 7.89. The molecule has 0 aliphatic heterocycles. The highest BCUT2D eigenvalue weighted by molar-refractivity contribution is 6.41. The third-order valence-corrected chi connectivity index (χ3v) is 5.73. The highest BCUT2D eigenvalue weighted by Gasteiger charge is 2.16. The third kappa shape index (κ3) is 4.90. The van der Waals surface area contributed by atoms with E-state index in [1.165, 1.54) is 0 Å². The lowest BCUT2D eigenvalue weighted by Crippen LogP contribution is -2.14. The van der Waals surface area contributed by atoms with Crippen LogP contribution in [0.25, 0.3) is 22.1 Å². The van der Waals surface area contributed by atoms with Crippen LogP contribution in [0.15, 0.2) is 89.1 Å². The van der Waals surface area contributed by atoms with Gasteiger partial charge < -0.3 is 9.15 Å². The summed E-state index contributed by atoms with van der Waals surface area (Å²) in [5, 5.41) is 10.7. The molecule has 0 saturated carbocycles. The van der Waals surface area contributed by atoms with Gasteiger partial charge in [0.25, 0.3) is 0 Å². The Labute approximate surface area is 197 Å². The molecule has 0 atom stereocenters. The number of allylic oxidation sites excluding steroid dienone is 1. The Balaban J connectivity index is 1.51. The normalized spacial score (nSPS) is 11.8. The number of fused-ring (bicyclic) bond motifs is 1. The van der Waals surface area contributed by atoms with Crippen LogP contribution >= 0.6 is 23.2 Å². The molecule has 0 amide bonds. The maximum atomic E-state index is 8.70. The van der Waals surface area contributed by atoms with Gasteiger partial charge in [0.05, 0.1) is 22.0 Å². The molecule has 0 spiro atoms. The van der Waals surface area contributed by atoms with E-state index in [9.17, 15) is 0 Å². The molecule has 0 aliphatic rings. The van der Waals surface area contributed by atoms with Gasteiger partial charge in [-0.2, -0.15) is 0 Å². The summed E-state index contributed by atoms with van der Waals surface area (Å²) in [7, 11) is 0. The first-order valence-electron chi connectivity index (χ1n) is 10.4. The minimum atomic E-state index is 0.246. The van der Waals surface area contributed by atoms with Gasteiger partial charge >= 0.3 is 0 Å².